The molecular weight excluding hydrogens is 240 g/mol. The summed E-state index contributed by atoms with van der Waals surface area (Å²) in [5.74, 6) is -1.01. The Morgan fingerprint density at radius 1 is 1.18 bits per heavy atom. The minimum Gasteiger partial charge on any atom is -0.305 e. The summed E-state index contributed by atoms with van der Waals surface area (Å²) in [6, 6.07) is 7.53. The maximum atomic E-state index is 13.5. The lowest BCUT2D eigenvalue weighted by molar-refractivity contribution is 0.489. The number of rotatable bonds is 4. The molecule has 0 fully saturated rings. The molecule has 1 unspecified atom stereocenters. The summed E-state index contributed by atoms with van der Waals surface area (Å²) in [4.78, 5) is 1.15. The second-order valence-electron chi connectivity index (χ2n) is 3.82. The third-order valence-electron chi connectivity index (χ3n) is 2.60. The zero-order valence-electron chi connectivity index (χ0n) is 9.41. The third-order valence-corrected chi connectivity index (χ3v) is 3.47. The lowest BCUT2D eigenvalue weighted by Gasteiger charge is -2.15. The third kappa shape index (κ3) is 2.90. The fourth-order valence-electron chi connectivity index (χ4n) is 1.69. The summed E-state index contributed by atoms with van der Waals surface area (Å²) in [7, 11) is 0. The molecule has 0 aliphatic rings. The monoisotopic (exact) mass is 253 g/mol. The van der Waals surface area contributed by atoms with Crippen LogP contribution in [-0.4, -0.2) is 0 Å². The van der Waals surface area contributed by atoms with E-state index in [-0.39, 0.29) is 11.6 Å². The van der Waals surface area contributed by atoms with Crippen LogP contribution in [-0.2, 0) is 6.54 Å². The van der Waals surface area contributed by atoms with E-state index in [1.165, 1.54) is 18.2 Å². The molecule has 2 aromatic rings. The van der Waals surface area contributed by atoms with Gasteiger partial charge in [-0.2, -0.15) is 0 Å². The maximum Gasteiger partial charge on any atom is 0.130 e. The van der Waals surface area contributed by atoms with Crippen LogP contribution in [0.3, 0.4) is 0 Å². The van der Waals surface area contributed by atoms with Crippen LogP contribution >= 0.6 is 11.3 Å². The van der Waals surface area contributed by atoms with E-state index in [0.717, 1.165) is 4.88 Å². The number of hydrogen-bond acceptors (Lipinski definition) is 2. The van der Waals surface area contributed by atoms with Gasteiger partial charge in [0.05, 0.1) is 0 Å². The number of benzene rings is 1. The van der Waals surface area contributed by atoms with Gasteiger partial charge in [0.25, 0.3) is 0 Å². The van der Waals surface area contributed by atoms with E-state index in [1.54, 1.807) is 18.3 Å². The second-order valence-corrected chi connectivity index (χ2v) is 4.85. The molecule has 1 N–H and O–H groups in total. The van der Waals surface area contributed by atoms with Crippen LogP contribution in [0.5, 0.6) is 0 Å². The Labute approximate surface area is 103 Å². The fraction of sp³-hybridized carbons (Fsp3) is 0.231. The smallest absolute Gasteiger partial charge is 0.130 e. The number of nitrogens with one attached hydrogen (secondary N) is 1. The van der Waals surface area contributed by atoms with Crippen LogP contribution in [0.1, 0.15) is 23.4 Å². The molecule has 90 valence electrons. The van der Waals surface area contributed by atoms with Gasteiger partial charge >= 0.3 is 0 Å². The highest BCUT2D eigenvalue weighted by molar-refractivity contribution is 7.09. The molecule has 1 aromatic heterocycles. The Morgan fingerprint density at radius 2 is 1.88 bits per heavy atom. The second kappa shape index (κ2) is 5.38. The van der Waals surface area contributed by atoms with Gasteiger partial charge in [-0.15, -0.1) is 11.3 Å². The molecule has 0 amide bonds. The first kappa shape index (κ1) is 12.2. The molecule has 0 radical (unpaired) electrons. The van der Waals surface area contributed by atoms with Crippen LogP contribution in [0.15, 0.2) is 35.7 Å². The van der Waals surface area contributed by atoms with Crippen molar-refractivity contribution in [2.75, 3.05) is 0 Å². The van der Waals surface area contributed by atoms with Crippen LogP contribution in [0.25, 0.3) is 0 Å². The van der Waals surface area contributed by atoms with Gasteiger partial charge < -0.3 is 5.32 Å². The van der Waals surface area contributed by atoms with E-state index in [4.69, 9.17) is 0 Å². The minimum absolute atomic E-state index is 0.101. The highest BCUT2D eigenvalue weighted by atomic mass is 32.1. The van der Waals surface area contributed by atoms with Gasteiger partial charge in [0.1, 0.15) is 11.6 Å². The summed E-state index contributed by atoms with van der Waals surface area (Å²) in [5, 5.41) is 5.09. The SMILES string of the molecule is CC(NCc1cccs1)c1c(F)cccc1F. The molecule has 4 heteroatoms. The first-order valence-corrected chi connectivity index (χ1v) is 6.26. The van der Waals surface area contributed by atoms with Gasteiger partial charge in [0.15, 0.2) is 0 Å². The van der Waals surface area contributed by atoms with E-state index in [1.807, 2.05) is 17.5 Å². The molecule has 1 heterocycles. The molecule has 2 rings (SSSR count). The molecular formula is C13H13F2NS. The molecule has 0 bridgehead atoms. The van der Waals surface area contributed by atoms with E-state index in [9.17, 15) is 8.78 Å². The minimum atomic E-state index is -0.504. The highest BCUT2D eigenvalue weighted by Gasteiger charge is 2.15. The van der Waals surface area contributed by atoms with Crippen molar-refractivity contribution in [1.29, 1.82) is 0 Å². The van der Waals surface area contributed by atoms with E-state index in [2.05, 4.69) is 5.32 Å². The predicted octanol–water partition coefficient (Wildman–Crippen LogP) is 3.88. The van der Waals surface area contributed by atoms with Crippen molar-refractivity contribution < 1.29 is 8.78 Å². The number of thiophene rings is 1. The fourth-order valence-corrected chi connectivity index (χ4v) is 2.35. The lowest BCUT2D eigenvalue weighted by atomic mass is 10.1. The lowest BCUT2D eigenvalue weighted by Crippen LogP contribution is -2.19. The predicted molar refractivity (Wildman–Crippen MR) is 65.9 cm³/mol. The topological polar surface area (TPSA) is 12.0 Å². The molecule has 1 aromatic carbocycles. The van der Waals surface area contributed by atoms with Crippen molar-refractivity contribution in [2.24, 2.45) is 0 Å². The zero-order chi connectivity index (χ0) is 12.3. The van der Waals surface area contributed by atoms with Crippen molar-refractivity contribution in [3.8, 4) is 0 Å². The van der Waals surface area contributed by atoms with Gasteiger partial charge in [-0.25, -0.2) is 8.78 Å². The molecule has 0 spiro atoms. The molecule has 1 atom stereocenters. The van der Waals surface area contributed by atoms with Gasteiger partial charge in [0.2, 0.25) is 0 Å². The van der Waals surface area contributed by atoms with Gasteiger partial charge in [-0.3, -0.25) is 0 Å². The standard InChI is InChI=1S/C13H13F2NS/c1-9(16-8-10-4-3-7-17-10)13-11(14)5-2-6-12(13)15/h2-7,9,16H,8H2,1H3. The zero-order valence-corrected chi connectivity index (χ0v) is 10.2. The van der Waals surface area contributed by atoms with E-state index >= 15 is 0 Å². The molecule has 0 aliphatic heterocycles. The van der Waals surface area contributed by atoms with E-state index in [0.29, 0.717) is 6.54 Å². The summed E-state index contributed by atoms with van der Waals surface area (Å²) >= 11 is 1.62. The van der Waals surface area contributed by atoms with Crippen molar-refractivity contribution >= 4 is 11.3 Å². The summed E-state index contributed by atoms with van der Waals surface area (Å²) in [5.41, 5.74) is 0.101. The largest absolute Gasteiger partial charge is 0.305 e. The summed E-state index contributed by atoms with van der Waals surface area (Å²) < 4.78 is 27.0. The van der Waals surface area contributed by atoms with Gasteiger partial charge in [0, 0.05) is 23.0 Å². The van der Waals surface area contributed by atoms with Gasteiger partial charge in [-0.05, 0) is 30.5 Å². The van der Waals surface area contributed by atoms with Gasteiger partial charge in [-0.1, -0.05) is 12.1 Å². The number of hydrogen-bond donors (Lipinski definition) is 1. The van der Waals surface area contributed by atoms with Crippen LogP contribution in [0.4, 0.5) is 8.78 Å². The van der Waals surface area contributed by atoms with Crippen LogP contribution < -0.4 is 5.32 Å². The Balaban J connectivity index is 2.07. The first-order valence-electron chi connectivity index (χ1n) is 5.38. The Kier molecular flexibility index (Phi) is 3.86. The van der Waals surface area contributed by atoms with Crippen molar-refractivity contribution in [3.63, 3.8) is 0 Å². The molecule has 0 aliphatic carbocycles. The van der Waals surface area contributed by atoms with Crippen molar-refractivity contribution in [1.82, 2.24) is 5.32 Å². The number of halogens is 2. The Morgan fingerprint density at radius 3 is 2.47 bits per heavy atom. The average molecular weight is 253 g/mol. The normalized spacial score (nSPS) is 12.6. The maximum absolute atomic E-state index is 13.5. The average Bonchev–Trinajstić information content (AvgIpc) is 2.79. The van der Waals surface area contributed by atoms with Crippen molar-refractivity contribution in [3.05, 3.63) is 57.8 Å². The Bertz CT molecular complexity index is 462. The van der Waals surface area contributed by atoms with Crippen LogP contribution in [0.2, 0.25) is 0 Å². The summed E-state index contributed by atoms with van der Waals surface area (Å²) in [6.45, 7) is 2.38. The quantitative estimate of drug-likeness (QED) is 0.872. The molecule has 1 nitrogen and oxygen atoms in total. The highest BCUT2D eigenvalue weighted by Crippen LogP contribution is 2.21. The first-order chi connectivity index (χ1) is 8.18. The summed E-state index contributed by atoms with van der Waals surface area (Å²) in [6.07, 6.45) is 0. The van der Waals surface area contributed by atoms with Crippen LogP contribution in [0, 0.1) is 11.6 Å². The molecule has 0 saturated heterocycles. The van der Waals surface area contributed by atoms with Crippen molar-refractivity contribution in [2.45, 2.75) is 19.5 Å². The Hall–Kier alpha value is -1.26. The molecule has 17 heavy (non-hydrogen) atoms. The molecule has 0 saturated carbocycles. The van der Waals surface area contributed by atoms with E-state index < -0.39 is 11.6 Å².